The van der Waals surface area contributed by atoms with E-state index in [1.54, 1.807) is 6.08 Å². The van der Waals surface area contributed by atoms with E-state index in [0.717, 1.165) is 38.5 Å². The Kier molecular flexibility index (Phi) is 42.8. The van der Waals surface area contributed by atoms with Gasteiger partial charge in [-0.3, -0.25) is 13.8 Å². The van der Waals surface area contributed by atoms with Crippen LogP contribution in [-0.4, -0.2) is 47.8 Å². The summed E-state index contributed by atoms with van der Waals surface area (Å²) in [6.07, 6.45) is 50.9. The van der Waals surface area contributed by atoms with Crippen LogP contribution in [-0.2, 0) is 18.4 Å². The number of allylic oxidation sites excluding steroid dienone is 3. The maximum Gasteiger partial charge on any atom is 0.472 e. The molecule has 9 heteroatoms. The lowest BCUT2D eigenvalue weighted by atomic mass is 10.0. The van der Waals surface area contributed by atoms with E-state index in [2.05, 4.69) is 31.3 Å². The number of nitrogens with one attached hydrogen (secondary N) is 1. The molecule has 0 fully saturated rings. The minimum absolute atomic E-state index is 0.0761. The summed E-state index contributed by atoms with van der Waals surface area (Å²) in [7, 11) is -4.35. The van der Waals surface area contributed by atoms with E-state index >= 15 is 0 Å². The molecule has 0 saturated carbocycles. The fourth-order valence-corrected chi connectivity index (χ4v) is 7.91. The Balaban J connectivity index is 4.17. The number of carbonyl (C=O) groups excluding carboxylic acids is 1. The largest absolute Gasteiger partial charge is 0.472 e. The highest BCUT2D eigenvalue weighted by atomic mass is 31.2. The molecule has 56 heavy (non-hydrogen) atoms. The average molecular weight is 813 g/mol. The molecule has 0 spiro atoms. The minimum atomic E-state index is -4.35. The number of phosphoric ester groups is 1. The van der Waals surface area contributed by atoms with Gasteiger partial charge >= 0.3 is 7.82 Å². The maximum atomic E-state index is 12.8. The van der Waals surface area contributed by atoms with E-state index in [1.165, 1.54) is 180 Å². The molecule has 0 heterocycles. The van der Waals surface area contributed by atoms with Crippen molar-refractivity contribution in [1.29, 1.82) is 0 Å². The Morgan fingerprint density at radius 2 is 0.946 bits per heavy atom. The van der Waals surface area contributed by atoms with Gasteiger partial charge in [-0.05, 0) is 32.1 Å². The first-order chi connectivity index (χ1) is 27.4. The van der Waals surface area contributed by atoms with Crippen molar-refractivity contribution in [2.45, 2.75) is 251 Å². The quantitative estimate of drug-likeness (QED) is 0.0273. The molecule has 332 valence electrons. The van der Waals surface area contributed by atoms with Crippen LogP contribution in [0.25, 0.3) is 0 Å². The molecule has 0 aliphatic heterocycles. The number of hydrogen-bond acceptors (Lipinski definition) is 6. The van der Waals surface area contributed by atoms with Crippen molar-refractivity contribution in [2.24, 2.45) is 5.73 Å². The van der Waals surface area contributed by atoms with E-state index in [-0.39, 0.29) is 25.7 Å². The van der Waals surface area contributed by atoms with Crippen LogP contribution in [0.2, 0.25) is 0 Å². The Morgan fingerprint density at radius 3 is 1.38 bits per heavy atom. The van der Waals surface area contributed by atoms with Crippen LogP contribution in [0, 0.1) is 0 Å². The molecule has 0 aromatic rings. The summed E-state index contributed by atoms with van der Waals surface area (Å²) in [4.78, 5) is 22.7. The number of unbranched alkanes of at least 4 members (excludes halogenated alkanes) is 31. The highest BCUT2D eigenvalue weighted by Gasteiger charge is 2.26. The van der Waals surface area contributed by atoms with Gasteiger partial charge in [0.15, 0.2) is 0 Å². The fourth-order valence-electron chi connectivity index (χ4n) is 7.15. The molecule has 0 aliphatic carbocycles. The molecule has 0 aromatic heterocycles. The number of phosphoric acid groups is 1. The van der Waals surface area contributed by atoms with Gasteiger partial charge in [-0.15, -0.1) is 0 Å². The summed E-state index contributed by atoms with van der Waals surface area (Å²) in [6, 6.07) is -0.873. The molecule has 5 N–H and O–H groups in total. The summed E-state index contributed by atoms with van der Waals surface area (Å²) in [5.41, 5.74) is 5.38. The monoisotopic (exact) mass is 813 g/mol. The van der Waals surface area contributed by atoms with Gasteiger partial charge < -0.3 is 21.1 Å². The predicted octanol–water partition coefficient (Wildman–Crippen LogP) is 13.7. The molecule has 0 aromatic carbocycles. The Morgan fingerprint density at radius 1 is 0.571 bits per heavy atom. The number of rotatable bonds is 45. The summed E-state index contributed by atoms with van der Waals surface area (Å²) < 4.78 is 22.2. The van der Waals surface area contributed by atoms with Crippen molar-refractivity contribution in [1.82, 2.24) is 5.32 Å². The molecule has 0 rings (SSSR count). The van der Waals surface area contributed by atoms with E-state index in [0.29, 0.717) is 6.42 Å². The molecule has 0 radical (unpaired) electrons. The van der Waals surface area contributed by atoms with Crippen molar-refractivity contribution in [2.75, 3.05) is 19.8 Å². The first kappa shape index (κ1) is 55.0. The zero-order valence-corrected chi connectivity index (χ0v) is 37.8. The molecule has 3 atom stereocenters. The first-order valence-corrected chi connectivity index (χ1v) is 25.5. The third kappa shape index (κ3) is 41.2. The summed E-state index contributed by atoms with van der Waals surface area (Å²) >= 11 is 0. The van der Waals surface area contributed by atoms with Crippen molar-refractivity contribution >= 4 is 13.7 Å². The minimum Gasteiger partial charge on any atom is -0.387 e. The third-order valence-corrected chi connectivity index (χ3v) is 11.8. The van der Waals surface area contributed by atoms with Crippen LogP contribution in [0.3, 0.4) is 0 Å². The number of aliphatic hydroxyl groups is 1. The lowest BCUT2D eigenvalue weighted by molar-refractivity contribution is -0.123. The average Bonchev–Trinajstić information content (AvgIpc) is 3.19. The molecule has 0 aliphatic rings. The first-order valence-electron chi connectivity index (χ1n) is 24.0. The second-order valence-electron chi connectivity index (χ2n) is 16.3. The van der Waals surface area contributed by atoms with Crippen molar-refractivity contribution < 1.29 is 28.4 Å². The molecule has 0 saturated heterocycles. The topological polar surface area (TPSA) is 131 Å². The maximum absolute atomic E-state index is 12.8. The third-order valence-electron chi connectivity index (χ3n) is 10.8. The predicted molar refractivity (Wildman–Crippen MR) is 240 cm³/mol. The number of carbonyl (C=O) groups is 1. The lowest BCUT2D eigenvalue weighted by Crippen LogP contribution is -2.45. The van der Waals surface area contributed by atoms with Gasteiger partial charge in [-0.25, -0.2) is 4.57 Å². The Bertz CT molecular complexity index is 932. The molecule has 3 unspecified atom stereocenters. The van der Waals surface area contributed by atoms with Crippen molar-refractivity contribution in [3.8, 4) is 0 Å². The Labute approximate surface area is 347 Å². The molecule has 1 amide bonds. The molecule has 8 nitrogen and oxygen atoms in total. The number of amides is 1. The van der Waals surface area contributed by atoms with Gasteiger partial charge in [-0.1, -0.05) is 224 Å². The van der Waals surface area contributed by atoms with E-state index in [4.69, 9.17) is 14.8 Å². The zero-order chi connectivity index (χ0) is 41.1. The van der Waals surface area contributed by atoms with Crippen LogP contribution in [0.5, 0.6) is 0 Å². The summed E-state index contributed by atoms with van der Waals surface area (Å²) in [5.74, 6) is -0.200. The Hall–Kier alpha value is -1.02. The highest BCUT2D eigenvalue weighted by Crippen LogP contribution is 2.43. The van der Waals surface area contributed by atoms with Gasteiger partial charge in [0, 0.05) is 13.0 Å². The SMILES string of the molecule is CCCCCCCCCCCCCCCC/C=C/CC/C=C/C(O)C(COP(=O)(O)OCCN)NC(=O)CCCCCCCCCCCCCCCCCCC. The number of aliphatic hydroxyl groups excluding tert-OH is 1. The highest BCUT2D eigenvalue weighted by molar-refractivity contribution is 7.47. The summed E-state index contributed by atoms with van der Waals surface area (Å²) in [6.45, 7) is 4.15. The van der Waals surface area contributed by atoms with E-state index in [1.807, 2.05) is 6.08 Å². The fraction of sp³-hybridized carbons (Fsp3) is 0.894. The van der Waals surface area contributed by atoms with Crippen molar-refractivity contribution in [3.63, 3.8) is 0 Å². The summed E-state index contributed by atoms with van der Waals surface area (Å²) in [5, 5.41) is 13.7. The molecular weight excluding hydrogens is 719 g/mol. The smallest absolute Gasteiger partial charge is 0.387 e. The number of hydrogen-bond donors (Lipinski definition) is 4. The van der Waals surface area contributed by atoms with Crippen molar-refractivity contribution in [3.05, 3.63) is 24.3 Å². The molecular formula is C47H93N2O6P. The van der Waals surface area contributed by atoms with Gasteiger partial charge in [-0.2, -0.15) is 0 Å². The van der Waals surface area contributed by atoms with Gasteiger partial charge in [0.2, 0.25) is 5.91 Å². The van der Waals surface area contributed by atoms with Gasteiger partial charge in [0.05, 0.1) is 25.4 Å². The van der Waals surface area contributed by atoms with E-state index in [9.17, 15) is 19.4 Å². The van der Waals surface area contributed by atoms with E-state index < -0.39 is 20.0 Å². The van der Waals surface area contributed by atoms with Crippen LogP contribution < -0.4 is 11.1 Å². The normalized spacial score (nSPS) is 14.2. The standard InChI is InChI=1S/C47H93N2O6P/c1-3-5-7-9-11-13-15-17-19-21-22-23-25-26-28-30-32-34-36-38-40-46(50)45(44-55-56(52,53)54-43-42-48)49-47(51)41-39-37-35-33-31-29-27-24-20-18-16-14-12-10-8-6-4-2/h30,32,38,40,45-46,50H,3-29,31,33-37,39,41-44,48H2,1-2H3,(H,49,51)(H,52,53)/b32-30+,40-38+. The second kappa shape index (κ2) is 43.6. The van der Waals surface area contributed by atoms with Crippen LogP contribution in [0.1, 0.15) is 239 Å². The van der Waals surface area contributed by atoms with Gasteiger partial charge in [0.25, 0.3) is 0 Å². The van der Waals surface area contributed by atoms with Crippen LogP contribution in [0.4, 0.5) is 0 Å². The van der Waals surface area contributed by atoms with Crippen LogP contribution >= 0.6 is 7.82 Å². The zero-order valence-electron chi connectivity index (χ0n) is 36.9. The lowest BCUT2D eigenvalue weighted by Gasteiger charge is -2.23. The van der Waals surface area contributed by atoms with Gasteiger partial charge in [0.1, 0.15) is 0 Å². The van der Waals surface area contributed by atoms with Crippen LogP contribution in [0.15, 0.2) is 24.3 Å². The molecule has 0 bridgehead atoms. The number of nitrogens with two attached hydrogens (primary N) is 1. The second-order valence-corrected chi connectivity index (χ2v) is 17.8.